The van der Waals surface area contributed by atoms with Gasteiger partial charge in [-0.2, -0.15) is 0 Å². The average Bonchev–Trinajstić information content (AvgIpc) is 2.98. The molecule has 0 unspecified atom stereocenters. The van der Waals surface area contributed by atoms with Crippen molar-refractivity contribution >= 4 is 5.97 Å². The third-order valence-electron chi connectivity index (χ3n) is 3.16. The largest absolute Gasteiger partial charge is 0.481 e. The maximum Gasteiger partial charge on any atom is 0.314 e. The summed E-state index contributed by atoms with van der Waals surface area (Å²) in [6.45, 7) is 2.40. The quantitative estimate of drug-likeness (QED) is 0.787. The first-order chi connectivity index (χ1) is 7.10. The third-order valence-corrected chi connectivity index (χ3v) is 3.16. The van der Waals surface area contributed by atoms with Crippen LogP contribution in [0.3, 0.4) is 0 Å². The minimum absolute atomic E-state index is 0.409. The lowest BCUT2D eigenvalue weighted by atomic mass is 9.90. The van der Waals surface area contributed by atoms with Gasteiger partial charge in [0.05, 0.1) is 5.41 Å². The van der Waals surface area contributed by atoms with Gasteiger partial charge in [0, 0.05) is 6.54 Å². The van der Waals surface area contributed by atoms with E-state index in [1.165, 1.54) is 0 Å². The van der Waals surface area contributed by atoms with Gasteiger partial charge in [-0.1, -0.05) is 23.8 Å². The van der Waals surface area contributed by atoms with E-state index in [2.05, 4.69) is 0 Å². The SMILES string of the molecule is Cc1ccc(C2(C(=O)O)CC2)c(CN)c1. The van der Waals surface area contributed by atoms with E-state index in [1.54, 1.807) is 0 Å². The number of carboxylic acids is 1. The molecule has 2 rings (SSSR count). The maximum absolute atomic E-state index is 11.2. The summed E-state index contributed by atoms with van der Waals surface area (Å²) in [7, 11) is 0. The molecule has 0 spiro atoms. The first-order valence-electron chi connectivity index (χ1n) is 5.13. The Morgan fingerprint density at radius 3 is 2.67 bits per heavy atom. The van der Waals surface area contributed by atoms with Crippen LogP contribution in [-0.4, -0.2) is 11.1 Å². The van der Waals surface area contributed by atoms with E-state index in [0.717, 1.165) is 29.5 Å². The van der Waals surface area contributed by atoms with Crippen molar-refractivity contribution in [2.75, 3.05) is 0 Å². The number of hydrogen-bond acceptors (Lipinski definition) is 2. The van der Waals surface area contributed by atoms with Crippen molar-refractivity contribution in [2.45, 2.75) is 31.7 Å². The Bertz CT molecular complexity index is 408. The van der Waals surface area contributed by atoms with Gasteiger partial charge in [-0.3, -0.25) is 4.79 Å². The topological polar surface area (TPSA) is 63.3 Å². The number of aliphatic carboxylic acids is 1. The molecule has 15 heavy (non-hydrogen) atoms. The molecule has 0 atom stereocenters. The lowest BCUT2D eigenvalue weighted by Crippen LogP contribution is -2.22. The van der Waals surface area contributed by atoms with Crippen LogP contribution in [0.1, 0.15) is 29.5 Å². The fraction of sp³-hybridized carbons (Fsp3) is 0.417. The van der Waals surface area contributed by atoms with Gasteiger partial charge in [-0.25, -0.2) is 0 Å². The normalized spacial score (nSPS) is 17.5. The van der Waals surface area contributed by atoms with Gasteiger partial charge < -0.3 is 10.8 Å². The molecule has 0 bridgehead atoms. The summed E-state index contributed by atoms with van der Waals surface area (Å²) < 4.78 is 0. The van der Waals surface area contributed by atoms with Gasteiger partial charge in [-0.05, 0) is 30.9 Å². The molecular formula is C12H15NO2. The standard InChI is InChI=1S/C12H15NO2/c1-8-2-3-10(9(6-8)7-13)12(4-5-12)11(14)15/h2-3,6H,4-5,7,13H2,1H3,(H,14,15). The molecule has 0 amide bonds. The van der Waals surface area contributed by atoms with Crippen molar-refractivity contribution in [1.29, 1.82) is 0 Å². The zero-order valence-electron chi connectivity index (χ0n) is 8.79. The van der Waals surface area contributed by atoms with Crippen molar-refractivity contribution in [2.24, 2.45) is 5.73 Å². The first kappa shape index (κ1) is 10.2. The van der Waals surface area contributed by atoms with Crippen LogP contribution < -0.4 is 5.73 Å². The van der Waals surface area contributed by atoms with Crippen LogP contribution in [0.25, 0.3) is 0 Å². The Hall–Kier alpha value is -1.35. The van der Waals surface area contributed by atoms with Gasteiger partial charge in [0.25, 0.3) is 0 Å². The van der Waals surface area contributed by atoms with E-state index in [4.69, 9.17) is 5.73 Å². The summed E-state index contributed by atoms with van der Waals surface area (Å²) in [5, 5.41) is 9.21. The van der Waals surface area contributed by atoms with Crippen molar-refractivity contribution in [1.82, 2.24) is 0 Å². The Labute approximate surface area is 88.9 Å². The van der Waals surface area contributed by atoms with Gasteiger partial charge in [-0.15, -0.1) is 0 Å². The summed E-state index contributed by atoms with van der Waals surface area (Å²) in [6, 6.07) is 5.86. The van der Waals surface area contributed by atoms with Crippen LogP contribution in [0.4, 0.5) is 0 Å². The van der Waals surface area contributed by atoms with Gasteiger partial charge >= 0.3 is 5.97 Å². The van der Waals surface area contributed by atoms with Crippen LogP contribution >= 0.6 is 0 Å². The zero-order chi connectivity index (χ0) is 11.1. The molecule has 80 valence electrons. The van der Waals surface area contributed by atoms with Crippen LogP contribution in [0.5, 0.6) is 0 Å². The number of carbonyl (C=O) groups is 1. The van der Waals surface area contributed by atoms with Crippen molar-refractivity contribution in [3.63, 3.8) is 0 Å². The fourth-order valence-electron chi connectivity index (χ4n) is 2.08. The summed E-state index contributed by atoms with van der Waals surface area (Å²) in [5.41, 5.74) is 8.01. The van der Waals surface area contributed by atoms with Crippen molar-refractivity contribution < 1.29 is 9.90 Å². The molecule has 0 aliphatic heterocycles. The Morgan fingerprint density at radius 2 is 2.20 bits per heavy atom. The third kappa shape index (κ3) is 1.53. The van der Waals surface area contributed by atoms with Crippen molar-refractivity contribution in [3.05, 3.63) is 34.9 Å². The second-order valence-corrected chi connectivity index (χ2v) is 4.25. The minimum Gasteiger partial charge on any atom is -0.481 e. The maximum atomic E-state index is 11.2. The molecule has 1 aliphatic rings. The summed E-state index contributed by atoms with van der Waals surface area (Å²) >= 11 is 0. The van der Waals surface area contributed by atoms with Crippen LogP contribution in [0, 0.1) is 6.92 Å². The lowest BCUT2D eigenvalue weighted by molar-refractivity contribution is -0.140. The zero-order valence-corrected chi connectivity index (χ0v) is 8.79. The fourth-order valence-corrected chi connectivity index (χ4v) is 2.08. The highest BCUT2D eigenvalue weighted by Gasteiger charge is 2.52. The number of aryl methyl sites for hydroxylation is 1. The molecule has 0 radical (unpaired) electrons. The lowest BCUT2D eigenvalue weighted by Gasteiger charge is -2.15. The van der Waals surface area contributed by atoms with Crippen LogP contribution in [-0.2, 0) is 16.8 Å². The first-order valence-corrected chi connectivity index (χ1v) is 5.13. The Balaban J connectivity index is 2.48. The van der Waals surface area contributed by atoms with Gasteiger partial charge in [0.1, 0.15) is 0 Å². The molecule has 1 aliphatic carbocycles. The molecule has 1 fully saturated rings. The highest BCUT2D eigenvalue weighted by Crippen LogP contribution is 2.49. The molecule has 1 saturated carbocycles. The highest BCUT2D eigenvalue weighted by molar-refractivity contribution is 5.85. The predicted octanol–water partition coefficient (Wildman–Crippen LogP) is 1.57. The van der Waals surface area contributed by atoms with Crippen LogP contribution in [0.2, 0.25) is 0 Å². The van der Waals surface area contributed by atoms with E-state index in [0.29, 0.717) is 6.54 Å². The van der Waals surface area contributed by atoms with Gasteiger partial charge in [0.15, 0.2) is 0 Å². The summed E-state index contributed by atoms with van der Waals surface area (Å²) in [4.78, 5) is 11.2. The monoisotopic (exact) mass is 205 g/mol. The molecule has 1 aromatic carbocycles. The molecule has 0 heterocycles. The number of nitrogens with two attached hydrogens (primary N) is 1. The molecule has 0 aromatic heterocycles. The molecule has 1 aromatic rings. The molecule has 3 nitrogen and oxygen atoms in total. The number of rotatable bonds is 3. The Morgan fingerprint density at radius 1 is 1.53 bits per heavy atom. The summed E-state index contributed by atoms with van der Waals surface area (Å²) in [5.74, 6) is -0.721. The highest BCUT2D eigenvalue weighted by atomic mass is 16.4. The number of carboxylic acid groups (broad SMARTS) is 1. The molecular weight excluding hydrogens is 190 g/mol. The van der Waals surface area contributed by atoms with E-state index in [1.807, 2.05) is 25.1 Å². The smallest absolute Gasteiger partial charge is 0.314 e. The molecule has 3 heteroatoms. The van der Waals surface area contributed by atoms with E-state index in [9.17, 15) is 9.90 Å². The van der Waals surface area contributed by atoms with E-state index >= 15 is 0 Å². The number of hydrogen-bond donors (Lipinski definition) is 2. The van der Waals surface area contributed by atoms with Crippen molar-refractivity contribution in [3.8, 4) is 0 Å². The molecule has 0 saturated heterocycles. The molecule has 3 N–H and O–H groups in total. The minimum atomic E-state index is -0.721. The second-order valence-electron chi connectivity index (χ2n) is 4.25. The second kappa shape index (κ2) is 3.35. The van der Waals surface area contributed by atoms with Crippen LogP contribution in [0.15, 0.2) is 18.2 Å². The predicted molar refractivity (Wildman–Crippen MR) is 57.6 cm³/mol. The Kier molecular flexibility index (Phi) is 2.27. The van der Waals surface area contributed by atoms with Gasteiger partial charge in [0.2, 0.25) is 0 Å². The average molecular weight is 205 g/mol. The van der Waals surface area contributed by atoms with E-state index in [-0.39, 0.29) is 0 Å². The number of benzene rings is 1. The van der Waals surface area contributed by atoms with E-state index < -0.39 is 11.4 Å². The summed E-state index contributed by atoms with van der Waals surface area (Å²) in [6.07, 6.45) is 1.47.